The maximum absolute atomic E-state index is 13.0. The number of allylic oxidation sites excluding steroid dienone is 14. The lowest BCUT2D eigenvalue weighted by molar-refractivity contribution is -0.216. The fourth-order valence-corrected chi connectivity index (χ4v) is 7.99. The van der Waals surface area contributed by atoms with Crippen LogP contribution in [0.2, 0.25) is 0 Å². The molecular weight excluding hydrogens is 922 g/mol. The number of rotatable bonds is 38. The summed E-state index contributed by atoms with van der Waals surface area (Å²) in [5.74, 6) is -1.39. The number of phosphoric acid groups is 2. The Kier molecular flexibility index (Phi) is 35.7. The second kappa shape index (κ2) is 38.6. The molecule has 17 nitrogen and oxygen atoms in total. The van der Waals surface area contributed by atoms with Crippen LogP contribution in [0.15, 0.2) is 97.2 Å². The monoisotopic (exact) mass is 1000 g/mol. The summed E-state index contributed by atoms with van der Waals surface area (Å²) in [6, 6.07) is 0. The summed E-state index contributed by atoms with van der Waals surface area (Å²) in [5, 5.41) is 51.3. The zero-order chi connectivity index (χ0) is 50.5. The minimum atomic E-state index is -5.39. The second-order valence-corrected chi connectivity index (χ2v) is 18.9. The van der Waals surface area contributed by atoms with Gasteiger partial charge in [-0.2, -0.15) is 0 Å². The van der Waals surface area contributed by atoms with Gasteiger partial charge in [-0.15, -0.1) is 0 Å². The van der Waals surface area contributed by atoms with E-state index in [1.165, 1.54) is 32.1 Å². The normalized spacial score (nSPS) is 22.6. The van der Waals surface area contributed by atoms with E-state index < -0.39 is 89.6 Å². The summed E-state index contributed by atoms with van der Waals surface area (Å²) >= 11 is 0. The molecule has 1 aliphatic carbocycles. The van der Waals surface area contributed by atoms with Gasteiger partial charge in [0, 0.05) is 12.8 Å². The van der Waals surface area contributed by atoms with Crippen molar-refractivity contribution in [3.05, 3.63) is 97.2 Å². The number of hydrogen-bond donors (Lipinski definition) is 8. The maximum atomic E-state index is 13.0. The zero-order valence-electron chi connectivity index (χ0n) is 39.9. The molecule has 19 heteroatoms. The van der Waals surface area contributed by atoms with Crippen molar-refractivity contribution in [2.24, 2.45) is 0 Å². The molecule has 0 heterocycles. The van der Waals surface area contributed by atoms with Crippen LogP contribution in [0.4, 0.5) is 0 Å². The standard InChI is InChI=1S/C49H80O17P2/c1-3-5-7-9-11-12-13-14-15-16-17-18-19-20-24-28-32-36-42(51)62-38-41(39-63-68(60,61)66-49-46(55)44(53)45(54)48(47(49)56)65-67(57,58)59)64-43(52)37-33-29-25-22-21-23-27-31-35-40(50)34-30-26-10-8-6-4-2/h11-12,14-15,17-18,20,22-27,30-31,35,40-41,44-50,53-56H,3-10,13,16,19,21,28-29,32-34,36-39H2,1-2H3,(H,60,61)(H2,57,58,59)/b12-11-,15-14-,18-17-,24-20-,25-22-,27-23-,30-26-,35-31+/t40-,41+,44?,45?,46?,47?,48+,49-/m0/s1. The van der Waals surface area contributed by atoms with E-state index in [1.54, 1.807) is 12.2 Å². The number of aliphatic hydroxyl groups is 5. The summed E-state index contributed by atoms with van der Waals surface area (Å²) in [5.41, 5.74) is 0. The minimum Gasteiger partial charge on any atom is -0.462 e. The molecule has 5 unspecified atom stereocenters. The van der Waals surface area contributed by atoms with Crippen molar-refractivity contribution in [3.63, 3.8) is 0 Å². The lowest BCUT2D eigenvalue weighted by Gasteiger charge is -2.43. The van der Waals surface area contributed by atoms with Gasteiger partial charge in [0.15, 0.2) is 6.10 Å². The molecule has 8 N–H and O–H groups in total. The lowest BCUT2D eigenvalue weighted by Crippen LogP contribution is -2.64. The number of carbonyl (C=O) groups is 2. The average molecular weight is 1000 g/mol. The van der Waals surface area contributed by atoms with Crippen LogP contribution in [-0.4, -0.2) is 114 Å². The Bertz CT molecular complexity index is 1700. The fourth-order valence-electron chi connectivity index (χ4n) is 6.45. The molecule has 388 valence electrons. The van der Waals surface area contributed by atoms with Crippen molar-refractivity contribution >= 4 is 27.6 Å². The van der Waals surface area contributed by atoms with Gasteiger partial charge in [0.05, 0.1) is 12.7 Å². The SMILES string of the molecule is CCCCC/C=C\C/C=C\C/C=C\C/C=C\CCCC(=O)OC[C@H](COP(=O)(O)O[C@H]1C(O)C(O)C(O)[C@@H](OP(=O)(O)O)C1O)OC(=O)CCC/C=C\C/C=C\C=C\[C@@H](O)C/C=C\CCCCC. The zero-order valence-corrected chi connectivity index (χ0v) is 41.6. The number of hydrogen-bond acceptors (Lipinski definition) is 14. The molecule has 0 amide bonds. The molecule has 1 aliphatic rings. The molecule has 0 aromatic carbocycles. The van der Waals surface area contributed by atoms with E-state index in [2.05, 4.69) is 60.9 Å². The van der Waals surface area contributed by atoms with Gasteiger partial charge in [0.25, 0.3) is 0 Å². The van der Waals surface area contributed by atoms with Crippen molar-refractivity contribution in [3.8, 4) is 0 Å². The van der Waals surface area contributed by atoms with Gasteiger partial charge in [-0.05, 0) is 83.5 Å². The van der Waals surface area contributed by atoms with Crippen LogP contribution in [0.5, 0.6) is 0 Å². The van der Waals surface area contributed by atoms with Crippen LogP contribution in [0.25, 0.3) is 0 Å². The molecule has 0 spiro atoms. The van der Waals surface area contributed by atoms with Gasteiger partial charge < -0.3 is 49.7 Å². The van der Waals surface area contributed by atoms with Gasteiger partial charge >= 0.3 is 27.6 Å². The van der Waals surface area contributed by atoms with Gasteiger partial charge in [-0.3, -0.25) is 23.2 Å². The van der Waals surface area contributed by atoms with Crippen molar-refractivity contribution in [1.29, 1.82) is 0 Å². The first-order valence-corrected chi connectivity index (χ1v) is 26.9. The van der Waals surface area contributed by atoms with Gasteiger partial charge in [0.1, 0.15) is 43.2 Å². The molecule has 1 fully saturated rings. The molecule has 0 aromatic heterocycles. The number of unbranched alkanes of at least 4 members (excludes halogenated alkanes) is 8. The number of ether oxygens (including phenoxy) is 2. The minimum absolute atomic E-state index is 0.0151. The van der Waals surface area contributed by atoms with Crippen molar-refractivity contribution in [1.82, 2.24) is 0 Å². The van der Waals surface area contributed by atoms with E-state index in [0.29, 0.717) is 38.5 Å². The Labute approximate surface area is 403 Å². The molecule has 0 aromatic rings. The molecule has 1 rings (SSSR count). The first-order valence-electron chi connectivity index (χ1n) is 23.9. The molecule has 0 bridgehead atoms. The maximum Gasteiger partial charge on any atom is 0.472 e. The number of phosphoric ester groups is 2. The molecule has 9 atom stereocenters. The first-order chi connectivity index (χ1) is 32.5. The third kappa shape index (κ3) is 32.6. The Morgan fingerprint density at radius 1 is 0.544 bits per heavy atom. The molecule has 68 heavy (non-hydrogen) atoms. The van der Waals surface area contributed by atoms with Crippen LogP contribution < -0.4 is 0 Å². The largest absolute Gasteiger partial charge is 0.472 e. The molecule has 1 saturated carbocycles. The highest BCUT2D eigenvalue weighted by Gasteiger charge is 2.54. The third-order valence-electron chi connectivity index (χ3n) is 10.2. The highest BCUT2D eigenvalue weighted by Crippen LogP contribution is 2.49. The van der Waals surface area contributed by atoms with Gasteiger partial charge in [-0.1, -0.05) is 137 Å². The van der Waals surface area contributed by atoms with Crippen LogP contribution in [-0.2, 0) is 41.8 Å². The van der Waals surface area contributed by atoms with Crippen molar-refractivity contribution in [2.75, 3.05) is 13.2 Å². The van der Waals surface area contributed by atoms with E-state index in [-0.39, 0.29) is 12.8 Å². The van der Waals surface area contributed by atoms with Crippen molar-refractivity contribution < 1.29 is 82.0 Å². The fraction of sp³-hybridized carbons (Fsp3) is 0.633. The molecule has 0 aliphatic heterocycles. The summed E-state index contributed by atoms with van der Waals surface area (Å²) < 4.78 is 49.2. The average Bonchev–Trinajstić information content (AvgIpc) is 3.29. The summed E-state index contributed by atoms with van der Waals surface area (Å²) in [6.45, 7) is 2.87. The Morgan fingerprint density at radius 2 is 1.01 bits per heavy atom. The van der Waals surface area contributed by atoms with Crippen molar-refractivity contribution in [2.45, 2.75) is 185 Å². The van der Waals surface area contributed by atoms with Crippen LogP contribution in [0.3, 0.4) is 0 Å². The number of carbonyl (C=O) groups excluding carboxylic acids is 2. The van der Waals surface area contributed by atoms with Crippen LogP contribution in [0, 0.1) is 0 Å². The smallest absolute Gasteiger partial charge is 0.462 e. The van der Waals surface area contributed by atoms with Crippen LogP contribution >= 0.6 is 15.6 Å². The second-order valence-electron chi connectivity index (χ2n) is 16.3. The topological polar surface area (TPSA) is 276 Å². The Morgan fingerprint density at radius 3 is 1.54 bits per heavy atom. The predicted octanol–water partition coefficient (Wildman–Crippen LogP) is 8.14. The number of esters is 2. The van der Waals surface area contributed by atoms with E-state index in [0.717, 1.165) is 38.5 Å². The van der Waals surface area contributed by atoms with E-state index in [9.17, 15) is 58.9 Å². The summed E-state index contributed by atoms with van der Waals surface area (Å²) in [6.07, 6.45) is 31.1. The first kappa shape index (κ1) is 62.9. The Hall–Kier alpha value is -3.12. The Balaban J connectivity index is 2.71. The van der Waals surface area contributed by atoms with E-state index in [1.807, 2.05) is 42.5 Å². The lowest BCUT2D eigenvalue weighted by atomic mass is 9.85. The summed E-state index contributed by atoms with van der Waals surface area (Å²) in [4.78, 5) is 54.2. The van der Waals surface area contributed by atoms with Gasteiger partial charge in [0.2, 0.25) is 0 Å². The van der Waals surface area contributed by atoms with Gasteiger partial charge in [-0.25, -0.2) is 9.13 Å². The highest BCUT2D eigenvalue weighted by atomic mass is 31.2. The molecule has 0 radical (unpaired) electrons. The molecular formula is C49H80O17P2. The van der Waals surface area contributed by atoms with E-state index >= 15 is 0 Å². The number of aliphatic hydroxyl groups excluding tert-OH is 5. The van der Waals surface area contributed by atoms with E-state index in [4.69, 9.17) is 18.5 Å². The van der Waals surface area contributed by atoms with Crippen LogP contribution in [0.1, 0.15) is 136 Å². The third-order valence-corrected chi connectivity index (χ3v) is 11.7. The quantitative estimate of drug-likeness (QED) is 0.00953. The summed E-state index contributed by atoms with van der Waals surface area (Å²) in [7, 11) is -10.7. The molecule has 0 saturated heterocycles. The highest BCUT2D eigenvalue weighted by molar-refractivity contribution is 7.47. The predicted molar refractivity (Wildman–Crippen MR) is 261 cm³/mol.